The molecule has 110 valence electrons. The summed E-state index contributed by atoms with van der Waals surface area (Å²) in [5, 5.41) is 28.1. The Morgan fingerprint density at radius 1 is 1.33 bits per heavy atom. The summed E-state index contributed by atoms with van der Waals surface area (Å²) >= 11 is 3.07. The zero-order valence-corrected chi connectivity index (χ0v) is 12.3. The van der Waals surface area contributed by atoms with Gasteiger partial charge in [-0.1, -0.05) is 12.1 Å². The molecule has 0 radical (unpaired) electrons. The number of aromatic nitrogens is 3. The minimum atomic E-state index is -0.715. The third kappa shape index (κ3) is 2.97. The van der Waals surface area contributed by atoms with E-state index in [0.717, 1.165) is 0 Å². The number of nitro benzene ring substituents is 1. The second-order valence-corrected chi connectivity index (χ2v) is 4.62. The number of anilines is 1. The fraction of sp³-hybridized carbons (Fsp3) is 0.200. The van der Waals surface area contributed by atoms with Gasteiger partial charge >= 0.3 is 5.95 Å². The van der Waals surface area contributed by atoms with Crippen LogP contribution in [-0.2, 0) is 6.54 Å². The van der Waals surface area contributed by atoms with Gasteiger partial charge in [-0.3, -0.25) is 10.1 Å². The van der Waals surface area contributed by atoms with Crippen molar-refractivity contribution in [3.05, 3.63) is 48.7 Å². The van der Waals surface area contributed by atoms with Crippen molar-refractivity contribution < 1.29 is 9.85 Å². The number of benzene rings is 1. The van der Waals surface area contributed by atoms with Crippen LogP contribution in [0.1, 0.15) is 5.56 Å². The van der Waals surface area contributed by atoms with Gasteiger partial charge in [0, 0.05) is 39.7 Å². The summed E-state index contributed by atoms with van der Waals surface area (Å²) in [6.07, 6.45) is 0. The van der Waals surface area contributed by atoms with Crippen LogP contribution in [-0.4, -0.2) is 31.7 Å². The summed E-state index contributed by atoms with van der Waals surface area (Å²) in [4.78, 5) is 24.0. The van der Waals surface area contributed by atoms with E-state index in [1.807, 2.05) is 0 Å². The van der Waals surface area contributed by atoms with Crippen LogP contribution in [0.15, 0.2) is 22.9 Å². The van der Waals surface area contributed by atoms with Crippen LogP contribution in [0.5, 0.6) is 0 Å². The number of nitrogens with zero attached hydrogens (tertiary/aromatic N) is 5. The predicted molar refractivity (Wildman–Crippen MR) is 76.1 cm³/mol. The second-order valence-electron chi connectivity index (χ2n) is 3.91. The van der Waals surface area contributed by atoms with E-state index >= 15 is 0 Å². The molecule has 0 aliphatic heterocycles. The summed E-state index contributed by atoms with van der Waals surface area (Å²) < 4.78 is 1.42. The minimum Gasteiger partial charge on any atom is -0.390 e. The SMILES string of the molecule is CNc1c(Cn2nc([N+](=O)[O-])nc2Br)cccc1[N+](=O)[O-]. The van der Waals surface area contributed by atoms with Crippen molar-refractivity contribution in [2.45, 2.75) is 6.54 Å². The standard InChI is InChI=1S/C10H9BrN6O4/c1-12-8-6(3-2-4-7(8)16(18)19)5-15-9(11)13-10(14-15)17(20)21/h2-4,12H,5H2,1H3. The molecule has 0 aliphatic carbocycles. The van der Waals surface area contributed by atoms with E-state index in [9.17, 15) is 20.2 Å². The number of nitro groups is 2. The van der Waals surface area contributed by atoms with Crippen molar-refractivity contribution in [2.24, 2.45) is 0 Å². The molecule has 1 aromatic carbocycles. The van der Waals surface area contributed by atoms with E-state index in [0.29, 0.717) is 11.3 Å². The average Bonchev–Trinajstić information content (AvgIpc) is 2.80. The van der Waals surface area contributed by atoms with Crippen molar-refractivity contribution in [3.8, 4) is 0 Å². The molecule has 0 saturated carbocycles. The largest absolute Gasteiger partial charge is 0.492 e. The van der Waals surface area contributed by atoms with Crippen LogP contribution < -0.4 is 5.32 Å². The number of para-hydroxylation sites is 1. The fourth-order valence-corrected chi connectivity index (χ4v) is 2.17. The van der Waals surface area contributed by atoms with Gasteiger partial charge in [-0.15, -0.1) is 0 Å². The summed E-state index contributed by atoms with van der Waals surface area (Å²) in [5.41, 5.74) is 0.806. The molecular formula is C10H9BrN6O4. The monoisotopic (exact) mass is 356 g/mol. The highest BCUT2D eigenvalue weighted by atomic mass is 79.9. The molecule has 1 N–H and O–H groups in total. The fourth-order valence-electron chi connectivity index (χ4n) is 1.81. The first-order valence-corrected chi connectivity index (χ1v) is 6.42. The maximum atomic E-state index is 11.0. The van der Waals surface area contributed by atoms with E-state index in [1.54, 1.807) is 13.1 Å². The van der Waals surface area contributed by atoms with Crippen molar-refractivity contribution in [3.63, 3.8) is 0 Å². The van der Waals surface area contributed by atoms with E-state index in [2.05, 4.69) is 31.3 Å². The van der Waals surface area contributed by atoms with Gasteiger partial charge in [-0.05, 0) is 9.91 Å². The summed E-state index contributed by atoms with van der Waals surface area (Å²) in [7, 11) is 1.56. The van der Waals surface area contributed by atoms with Crippen LogP contribution in [0, 0.1) is 20.2 Å². The highest BCUT2D eigenvalue weighted by Crippen LogP contribution is 2.29. The summed E-state index contributed by atoms with van der Waals surface area (Å²) in [6.45, 7) is 0.0965. The highest BCUT2D eigenvalue weighted by molar-refractivity contribution is 9.10. The van der Waals surface area contributed by atoms with Crippen LogP contribution in [0.4, 0.5) is 17.3 Å². The normalized spacial score (nSPS) is 10.4. The van der Waals surface area contributed by atoms with Gasteiger partial charge in [0.25, 0.3) is 10.4 Å². The lowest BCUT2D eigenvalue weighted by Crippen LogP contribution is -2.07. The van der Waals surface area contributed by atoms with Gasteiger partial charge in [0.05, 0.1) is 11.5 Å². The maximum absolute atomic E-state index is 11.0. The van der Waals surface area contributed by atoms with E-state index in [-0.39, 0.29) is 17.0 Å². The summed E-state index contributed by atoms with van der Waals surface area (Å²) in [5.74, 6) is -0.543. The molecule has 2 aromatic rings. The third-order valence-electron chi connectivity index (χ3n) is 2.67. The lowest BCUT2D eigenvalue weighted by atomic mass is 10.1. The second kappa shape index (κ2) is 5.83. The van der Waals surface area contributed by atoms with E-state index in [1.165, 1.54) is 16.8 Å². The molecular weight excluding hydrogens is 348 g/mol. The molecule has 1 aromatic heterocycles. The maximum Gasteiger partial charge on any atom is 0.492 e. The van der Waals surface area contributed by atoms with Crippen LogP contribution in [0.3, 0.4) is 0 Å². The molecule has 0 aliphatic rings. The smallest absolute Gasteiger partial charge is 0.390 e. The molecule has 21 heavy (non-hydrogen) atoms. The lowest BCUT2D eigenvalue weighted by Gasteiger charge is -2.08. The van der Waals surface area contributed by atoms with Crippen molar-refractivity contribution in [1.82, 2.24) is 14.8 Å². The number of rotatable bonds is 5. The molecule has 0 spiro atoms. The molecule has 11 heteroatoms. The Hall–Kier alpha value is -2.56. The summed E-state index contributed by atoms with van der Waals surface area (Å²) in [6, 6.07) is 4.57. The molecule has 0 unspecified atom stereocenters. The van der Waals surface area contributed by atoms with Crippen molar-refractivity contribution in [2.75, 3.05) is 12.4 Å². The number of hydrogen-bond donors (Lipinski definition) is 1. The molecule has 0 saturated heterocycles. The topological polar surface area (TPSA) is 129 Å². The molecule has 0 atom stereocenters. The Labute approximate surface area is 126 Å². The molecule has 2 rings (SSSR count). The van der Waals surface area contributed by atoms with Gasteiger partial charge in [0.15, 0.2) is 0 Å². The lowest BCUT2D eigenvalue weighted by molar-refractivity contribution is -0.394. The van der Waals surface area contributed by atoms with Crippen molar-refractivity contribution in [1.29, 1.82) is 0 Å². The van der Waals surface area contributed by atoms with Crippen molar-refractivity contribution >= 4 is 33.3 Å². The quantitative estimate of drug-likeness (QED) is 0.639. The van der Waals surface area contributed by atoms with Gasteiger partial charge in [-0.2, -0.15) is 4.68 Å². The Kier molecular flexibility index (Phi) is 4.12. The first-order valence-electron chi connectivity index (χ1n) is 5.62. The first-order chi connectivity index (χ1) is 9.93. The molecule has 10 nitrogen and oxygen atoms in total. The van der Waals surface area contributed by atoms with Gasteiger partial charge < -0.3 is 15.4 Å². The third-order valence-corrected chi connectivity index (χ3v) is 3.26. The van der Waals surface area contributed by atoms with E-state index in [4.69, 9.17) is 0 Å². The average molecular weight is 357 g/mol. The van der Waals surface area contributed by atoms with Gasteiger partial charge in [-0.25, -0.2) is 0 Å². The predicted octanol–water partition coefficient (Wildman–Crippen LogP) is 1.95. The number of hydrogen-bond acceptors (Lipinski definition) is 7. The first kappa shape index (κ1) is 14.8. The Bertz CT molecular complexity index is 716. The Balaban J connectivity index is 2.42. The molecule has 1 heterocycles. The molecule has 0 bridgehead atoms. The Morgan fingerprint density at radius 3 is 2.57 bits per heavy atom. The van der Waals surface area contributed by atoms with Crippen LogP contribution in [0.25, 0.3) is 0 Å². The Morgan fingerprint density at radius 2 is 2.05 bits per heavy atom. The number of halogens is 1. The molecule has 0 amide bonds. The highest BCUT2D eigenvalue weighted by Gasteiger charge is 2.22. The van der Waals surface area contributed by atoms with Gasteiger partial charge in [0.2, 0.25) is 0 Å². The van der Waals surface area contributed by atoms with E-state index < -0.39 is 15.8 Å². The number of nitrogens with one attached hydrogen (secondary N) is 1. The minimum absolute atomic E-state index is 0.0827. The van der Waals surface area contributed by atoms with Crippen LogP contribution in [0.2, 0.25) is 0 Å². The zero-order chi connectivity index (χ0) is 15.6. The van der Waals surface area contributed by atoms with Crippen LogP contribution >= 0.6 is 15.9 Å². The zero-order valence-electron chi connectivity index (χ0n) is 10.7. The molecule has 0 fully saturated rings. The van der Waals surface area contributed by atoms with Gasteiger partial charge in [0.1, 0.15) is 5.69 Å².